The van der Waals surface area contributed by atoms with E-state index < -0.39 is 22.8 Å². The fraction of sp³-hybridized carbons (Fsp3) is 0.562. The summed E-state index contributed by atoms with van der Waals surface area (Å²) in [5, 5.41) is 5.98. The summed E-state index contributed by atoms with van der Waals surface area (Å²) in [4.78, 5) is 12.7. The Bertz CT molecular complexity index is 571. The van der Waals surface area contributed by atoms with Crippen LogP contribution in [0.3, 0.4) is 0 Å². The Hall–Kier alpha value is -1.69. The zero-order chi connectivity index (χ0) is 15.7. The number of hydrogen-bond donors (Lipinski definition) is 2. The Morgan fingerprint density at radius 3 is 2.77 bits per heavy atom. The Morgan fingerprint density at radius 2 is 2.09 bits per heavy atom. The topological polar surface area (TPSA) is 50.4 Å². The number of halogens is 2. The van der Waals surface area contributed by atoms with Gasteiger partial charge in [0.2, 0.25) is 5.91 Å². The highest BCUT2D eigenvalue weighted by atomic mass is 19.1. The highest BCUT2D eigenvalue weighted by Crippen LogP contribution is 2.44. The lowest BCUT2D eigenvalue weighted by Gasteiger charge is -2.37. The molecule has 1 aliphatic carbocycles. The number of rotatable bonds is 3. The Balaban J connectivity index is 1.82. The van der Waals surface area contributed by atoms with Gasteiger partial charge in [-0.2, -0.15) is 0 Å². The fourth-order valence-corrected chi connectivity index (χ4v) is 3.77. The zero-order valence-electron chi connectivity index (χ0n) is 12.5. The third kappa shape index (κ3) is 2.45. The second-order valence-electron chi connectivity index (χ2n) is 6.16. The van der Waals surface area contributed by atoms with E-state index in [-0.39, 0.29) is 11.6 Å². The predicted octanol–water partition coefficient (Wildman–Crippen LogP) is 2.69. The number of nitrogens with one attached hydrogen (secondary N) is 2. The molecule has 22 heavy (non-hydrogen) atoms. The SMILES string of the molecule is COc1c(F)cc(NC(=O)[C@@]23CCCC[C@H]2CNC3)cc1F. The molecular formula is C16H20F2N2O2. The number of methoxy groups -OCH3 is 1. The lowest BCUT2D eigenvalue weighted by molar-refractivity contribution is -0.128. The average Bonchev–Trinajstić information content (AvgIpc) is 2.92. The zero-order valence-corrected chi connectivity index (χ0v) is 12.5. The average molecular weight is 310 g/mol. The maximum absolute atomic E-state index is 13.7. The lowest BCUT2D eigenvalue weighted by atomic mass is 9.67. The van der Waals surface area contributed by atoms with E-state index in [4.69, 9.17) is 0 Å². The summed E-state index contributed by atoms with van der Waals surface area (Å²) >= 11 is 0. The van der Waals surface area contributed by atoms with Gasteiger partial charge >= 0.3 is 0 Å². The molecule has 1 saturated carbocycles. The molecule has 1 aliphatic heterocycles. The lowest BCUT2D eigenvalue weighted by Crippen LogP contribution is -2.44. The number of amides is 1. The molecule has 0 spiro atoms. The van der Waals surface area contributed by atoms with E-state index in [1.54, 1.807) is 0 Å². The molecule has 1 amide bonds. The van der Waals surface area contributed by atoms with E-state index >= 15 is 0 Å². The van der Waals surface area contributed by atoms with E-state index in [9.17, 15) is 13.6 Å². The largest absolute Gasteiger partial charge is 0.491 e. The van der Waals surface area contributed by atoms with Crippen molar-refractivity contribution in [3.8, 4) is 5.75 Å². The van der Waals surface area contributed by atoms with Crippen LogP contribution in [0.15, 0.2) is 12.1 Å². The van der Waals surface area contributed by atoms with Crippen LogP contribution < -0.4 is 15.4 Å². The molecule has 0 unspecified atom stereocenters. The standard InChI is InChI=1S/C16H20F2N2O2/c1-22-14-12(17)6-11(7-13(14)18)20-15(21)16-5-3-2-4-10(16)8-19-9-16/h6-7,10,19H,2-5,8-9H2,1H3,(H,20,21)/t10-,16+/m0/s1. The molecule has 2 aliphatic rings. The number of hydrogen-bond acceptors (Lipinski definition) is 3. The van der Waals surface area contributed by atoms with Crippen LogP contribution in [-0.4, -0.2) is 26.1 Å². The molecule has 1 aromatic rings. The van der Waals surface area contributed by atoms with E-state index in [1.165, 1.54) is 7.11 Å². The van der Waals surface area contributed by atoms with Crippen LogP contribution in [0.5, 0.6) is 5.75 Å². The molecule has 3 rings (SSSR count). The van der Waals surface area contributed by atoms with Gasteiger partial charge in [-0.3, -0.25) is 4.79 Å². The van der Waals surface area contributed by atoms with Crippen LogP contribution in [-0.2, 0) is 4.79 Å². The maximum Gasteiger partial charge on any atom is 0.232 e. The highest BCUT2D eigenvalue weighted by Gasteiger charge is 2.49. The van der Waals surface area contributed by atoms with Gasteiger partial charge in [0.1, 0.15) is 0 Å². The van der Waals surface area contributed by atoms with Crippen LogP contribution in [0.4, 0.5) is 14.5 Å². The smallest absolute Gasteiger partial charge is 0.232 e. The molecule has 1 saturated heterocycles. The molecule has 4 nitrogen and oxygen atoms in total. The minimum absolute atomic E-state index is 0.131. The van der Waals surface area contributed by atoms with Crippen molar-refractivity contribution < 1.29 is 18.3 Å². The van der Waals surface area contributed by atoms with Gasteiger partial charge in [-0.05, 0) is 25.3 Å². The molecule has 1 aromatic carbocycles. The van der Waals surface area contributed by atoms with Gasteiger partial charge in [-0.15, -0.1) is 0 Å². The predicted molar refractivity (Wildman–Crippen MR) is 78.8 cm³/mol. The fourth-order valence-electron chi connectivity index (χ4n) is 3.77. The van der Waals surface area contributed by atoms with Crippen LogP contribution in [0, 0.1) is 23.0 Å². The molecule has 1 heterocycles. The van der Waals surface area contributed by atoms with Gasteiger partial charge in [0.05, 0.1) is 12.5 Å². The van der Waals surface area contributed by atoms with Crippen LogP contribution in [0.25, 0.3) is 0 Å². The Labute approximate surface area is 128 Å². The molecule has 6 heteroatoms. The molecule has 0 radical (unpaired) electrons. The molecule has 120 valence electrons. The van der Waals surface area contributed by atoms with Crippen molar-refractivity contribution in [1.82, 2.24) is 5.32 Å². The van der Waals surface area contributed by atoms with E-state index in [0.717, 1.165) is 44.4 Å². The monoisotopic (exact) mass is 310 g/mol. The minimum Gasteiger partial charge on any atom is -0.491 e. The van der Waals surface area contributed by atoms with Crippen molar-refractivity contribution in [1.29, 1.82) is 0 Å². The van der Waals surface area contributed by atoms with Gasteiger partial charge < -0.3 is 15.4 Å². The van der Waals surface area contributed by atoms with E-state index in [2.05, 4.69) is 15.4 Å². The molecule has 0 bridgehead atoms. The third-order valence-corrected chi connectivity index (χ3v) is 4.95. The van der Waals surface area contributed by atoms with Gasteiger partial charge in [0.15, 0.2) is 17.4 Å². The number of anilines is 1. The van der Waals surface area contributed by atoms with Crippen molar-refractivity contribution in [2.24, 2.45) is 11.3 Å². The van der Waals surface area contributed by atoms with Crippen LogP contribution >= 0.6 is 0 Å². The molecule has 2 atom stereocenters. The number of carbonyl (C=O) groups is 1. The van der Waals surface area contributed by atoms with E-state index in [1.807, 2.05) is 0 Å². The molecule has 2 N–H and O–H groups in total. The van der Waals surface area contributed by atoms with Crippen molar-refractivity contribution >= 4 is 11.6 Å². The summed E-state index contributed by atoms with van der Waals surface area (Å²) in [6.45, 7) is 1.46. The van der Waals surface area contributed by atoms with E-state index in [0.29, 0.717) is 12.5 Å². The van der Waals surface area contributed by atoms with Crippen molar-refractivity contribution in [2.45, 2.75) is 25.7 Å². The Morgan fingerprint density at radius 1 is 1.36 bits per heavy atom. The van der Waals surface area contributed by atoms with Gasteiger partial charge in [-0.1, -0.05) is 12.8 Å². The second-order valence-corrected chi connectivity index (χ2v) is 6.16. The third-order valence-electron chi connectivity index (χ3n) is 4.95. The summed E-state index contributed by atoms with van der Waals surface area (Å²) in [5.74, 6) is -1.92. The highest BCUT2D eigenvalue weighted by molar-refractivity contribution is 5.96. The van der Waals surface area contributed by atoms with Crippen LogP contribution in [0.2, 0.25) is 0 Å². The summed E-state index contributed by atoms with van der Waals surface area (Å²) in [6, 6.07) is 2.19. The van der Waals surface area contributed by atoms with Gasteiger partial charge in [0.25, 0.3) is 0 Å². The normalized spacial score (nSPS) is 27.3. The molecule has 2 fully saturated rings. The summed E-state index contributed by atoms with van der Waals surface area (Å²) in [5.41, 5.74) is -0.322. The van der Waals surface area contributed by atoms with Gasteiger partial charge in [-0.25, -0.2) is 8.78 Å². The number of carbonyl (C=O) groups excluding carboxylic acids is 1. The first-order valence-corrected chi connectivity index (χ1v) is 7.62. The van der Waals surface area contributed by atoms with Crippen molar-refractivity contribution in [3.63, 3.8) is 0 Å². The first-order valence-electron chi connectivity index (χ1n) is 7.62. The minimum atomic E-state index is -0.819. The Kier molecular flexibility index (Phi) is 4.04. The first kappa shape index (κ1) is 15.2. The van der Waals surface area contributed by atoms with Crippen molar-refractivity contribution in [2.75, 3.05) is 25.5 Å². The molecule has 0 aromatic heterocycles. The molecular weight excluding hydrogens is 290 g/mol. The number of benzene rings is 1. The summed E-state index contributed by atoms with van der Waals surface area (Å²) in [6.07, 6.45) is 3.98. The first-order chi connectivity index (χ1) is 10.6. The summed E-state index contributed by atoms with van der Waals surface area (Å²) < 4.78 is 32.1. The quantitative estimate of drug-likeness (QED) is 0.902. The van der Waals surface area contributed by atoms with Crippen molar-refractivity contribution in [3.05, 3.63) is 23.8 Å². The second kappa shape index (κ2) is 5.83. The summed E-state index contributed by atoms with van der Waals surface area (Å²) in [7, 11) is 1.20. The maximum atomic E-state index is 13.7. The number of ether oxygens (including phenoxy) is 1. The van der Waals surface area contributed by atoms with Gasteiger partial charge in [0, 0.05) is 24.4 Å². The van der Waals surface area contributed by atoms with Crippen LogP contribution in [0.1, 0.15) is 25.7 Å². The number of fused-ring (bicyclic) bond motifs is 1.